The molecule has 1 heterocycles. The molecule has 0 spiro atoms. The molecule has 1 fully saturated rings. The summed E-state index contributed by atoms with van der Waals surface area (Å²) in [5, 5.41) is 11.7. The van der Waals surface area contributed by atoms with Crippen LogP contribution in [0.4, 0.5) is 5.69 Å². The van der Waals surface area contributed by atoms with Crippen molar-refractivity contribution in [2.75, 3.05) is 11.4 Å². The minimum atomic E-state index is -1.06. The summed E-state index contributed by atoms with van der Waals surface area (Å²) in [6.45, 7) is 4.12. The normalized spacial score (nSPS) is 16.0. The maximum absolute atomic E-state index is 12.2. The molecule has 118 valence electrons. The molecule has 0 bridgehead atoms. The van der Waals surface area contributed by atoms with Crippen molar-refractivity contribution in [1.82, 2.24) is 5.32 Å². The second kappa shape index (κ2) is 6.60. The highest BCUT2D eigenvalue weighted by atomic mass is 16.4. The number of nitrogens with zero attached hydrogens (tertiary/aromatic N) is 1. The highest BCUT2D eigenvalue weighted by molar-refractivity contribution is 6.00. The summed E-state index contributed by atoms with van der Waals surface area (Å²) in [6, 6.07) is 5.76. The summed E-state index contributed by atoms with van der Waals surface area (Å²) in [7, 11) is 0. The number of carboxylic acid groups (broad SMARTS) is 1. The van der Waals surface area contributed by atoms with Crippen molar-refractivity contribution in [3.05, 3.63) is 29.8 Å². The third-order valence-electron chi connectivity index (χ3n) is 3.71. The molecule has 1 aromatic rings. The van der Waals surface area contributed by atoms with E-state index in [1.54, 1.807) is 43.0 Å². The summed E-state index contributed by atoms with van der Waals surface area (Å²) in [6.07, 6.45) is 1.33. The van der Waals surface area contributed by atoms with Crippen molar-refractivity contribution in [2.45, 2.75) is 32.7 Å². The van der Waals surface area contributed by atoms with Crippen molar-refractivity contribution < 1.29 is 19.5 Å². The maximum Gasteiger partial charge on any atom is 0.326 e. The van der Waals surface area contributed by atoms with E-state index in [4.69, 9.17) is 5.11 Å². The van der Waals surface area contributed by atoms with E-state index in [1.807, 2.05) is 0 Å². The number of amides is 2. The number of hydrogen-bond donors (Lipinski definition) is 2. The first kappa shape index (κ1) is 16.0. The Morgan fingerprint density at radius 1 is 1.32 bits per heavy atom. The summed E-state index contributed by atoms with van der Waals surface area (Å²) in [5.41, 5.74) is 1.02. The summed E-state index contributed by atoms with van der Waals surface area (Å²) < 4.78 is 0. The number of carbonyl (C=O) groups is 3. The number of aliphatic carboxylic acids is 1. The largest absolute Gasteiger partial charge is 0.480 e. The minimum absolute atomic E-state index is 0.0446. The number of anilines is 1. The van der Waals surface area contributed by atoms with E-state index < -0.39 is 17.9 Å². The van der Waals surface area contributed by atoms with E-state index in [1.165, 1.54) is 0 Å². The van der Waals surface area contributed by atoms with Crippen LogP contribution in [0.1, 0.15) is 37.0 Å². The van der Waals surface area contributed by atoms with Gasteiger partial charge < -0.3 is 15.3 Å². The second-order valence-electron chi connectivity index (χ2n) is 5.73. The number of carboxylic acids is 1. The van der Waals surface area contributed by atoms with Gasteiger partial charge >= 0.3 is 5.97 Å². The molecule has 2 rings (SSSR count). The Balaban J connectivity index is 2.16. The van der Waals surface area contributed by atoms with Crippen molar-refractivity contribution in [3.63, 3.8) is 0 Å². The molecule has 2 N–H and O–H groups in total. The molecule has 0 saturated carbocycles. The molecule has 1 aliphatic rings. The lowest BCUT2D eigenvalue weighted by atomic mass is 10.0. The second-order valence-corrected chi connectivity index (χ2v) is 5.73. The Kier molecular flexibility index (Phi) is 4.80. The summed E-state index contributed by atoms with van der Waals surface area (Å²) in [4.78, 5) is 36.8. The third kappa shape index (κ3) is 3.44. The van der Waals surface area contributed by atoms with Crippen LogP contribution in [0.15, 0.2) is 24.3 Å². The van der Waals surface area contributed by atoms with Crippen LogP contribution in [0.2, 0.25) is 0 Å². The van der Waals surface area contributed by atoms with Gasteiger partial charge in [-0.05, 0) is 30.5 Å². The zero-order valence-corrected chi connectivity index (χ0v) is 12.7. The van der Waals surface area contributed by atoms with Gasteiger partial charge in [0.05, 0.1) is 0 Å². The van der Waals surface area contributed by atoms with Crippen LogP contribution < -0.4 is 10.2 Å². The molecule has 0 aliphatic carbocycles. The lowest BCUT2D eigenvalue weighted by Crippen LogP contribution is -2.44. The fraction of sp³-hybridized carbons (Fsp3) is 0.438. The van der Waals surface area contributed by atoms with E-state index in [0.717, 1.165) is 6.42 Å². The van der Waals surface area contributed by atoms with E-state index in [-0.39, 0.29) is 11.8 Å². The highest BCUT2D eigenvalue weighted by Gasteiger charge is 2.25. The Labute approximate surface area is 129 Å². The first-order valence-electron chi connectivity index (χ1n) is 7.34. The van der Waals surface area contributed by atoms with Crippen molar-refractivity contribution in [1.29, 1.82) is 0 Å². The standard InChI is InChI=1S/C16H20N2O4/c1-10(2)14(16(21)22)17-15(20)11-5-3-6-12(9-11)18-8-4-7-13(18)19/h3,5-6,9-10,14H,4,7-8H2,1-2H3,(H,17,20)(H,21,22). The van der Waals surface area contributed by atoms with E-state index in [2.05, 4.69) is 5.32 Å². The molecule has 6 heteroatoms. The predicted molar refractivity (Wildman–Crippen MR) is 81.8 cm³/mol. The van der Waals surface area contributed by atoms with Gasteiger partial charge in [-0.1, -0.05) is 19.9 Å². The Morgan fingerprint density at radius 3 is 2.59 bits per heavy atom. The van der Waals surface area contributed by atoms with E-state index >= 15 is 0 Å². The van der Waals surface area contributed by atoms with E-state index in [0.29, 0.717) is 24.2 Å². The molecule has 6 nitrogen and oxygen atoms in total. The van der Waals surface area contributed by atoms with Gasteiger partial charge in [0.15, 0.2) is 0 Å². The summed E-state index contributed by atoms with van der Waals surface area (Å²) >= 11 is 0. The van der Waals surface area contributed by atoms with E-state index in [9.17, 15) is 14.4 Å². The van der Waals surface area contributed by atoms with Crippen LogP contribution in [0, 0.1) is 5.92 Å². The molecule has 1 aromatic carbocycles. The average molecular weight is 304 g/mol. The van der Waals surface area contributed by atoms with Gasteiger partial charge in [-0.3, -0.25) is 9.59 Å². The van der Waals surface area contributed by atoms with Gasteiger partial charge in [-0.2, -0.15) is 0 Å². The molecule has 1 saturated heterocycles. The van der Waals surface area contributed by atoms with Crippen LogP contribution in [0.25, 0.3) is 0 Å². The number of rotatable bonds is 5. The van der Waals surface area contributed by atoms with Gasteiger partial charge in [0.25, 0.3) is 5.91 Å². The lowest BCUT2D eigenvalue weighted by molar-refractivity contribution is -0.140. The molecule has 0 radical (unpaired) electrons. The van der Waals surface area contributed by atoms with Gasteiger partial charge in [0.2, 0.25) is 5.91 Å². The van der Waals surface area contributed by atoms with Crippen LogP contribution in [0.3, 0.4) is 0 Å². The zero-order valence-electron chi connectivity index (χ0n) is 12.7. The third-order valence-corrected chi connectivity index (χ3v) is 3.71. The fourth-order valence-corrected chi connectivity index (χ4v) is 2.47. The lowest BCUT2D eigenvalue weighted by Gasteiger charge is -2.19. The monoisotopic (exact) mass is 304 g/mol. The molecule has 1 atom stereocenters. The maximum atomic E-state index is 12.2. The van der Waals surface area contributed by atoms with Crippen molar-refractivity contribution in [2.24, 2.45) is 5.92 Å². The predicted octanol–water partition coefficient (Wildman–Crippen LogP) is 1.65. The molecule has 0 aromatic heterocycles. The van der Waals surface area contributed by atoms with Gasteiger partial charge in [0.1, 0.15) is 6.04 Å². The topological polar surface area (TPSA) is 86.7 Å². The van der Waals surface area contributed by atoms with Gasteiger partial charge in [-0.25, -0.2) is 4.79 Å². The van der Waals surface area contributed by atoms with Crippen molar-refractivity contribution >= 4 is 23.5 Å². The smallest absolute Gasteiger partial charge is 0.326 e. The number of nitrogens with one attached hydrogen (secondary N) is 1. The highest BCUT2D eigenvalue weighted by Crippen LogP contribution is 2.22. The number of benzene rings is 1. The Morgan fingerprint density at radius 2 is 2.05 bits per heavy atom. The van der Waals surface area contributed by atoms with Crippen LogP contribution in [-0.2, 0) is 9.59 Å². The van der Waals surface area contributed by atoms with Gasteiger partial charge in [-0.15, -0.1) is 0 Å². The minimum Gasteiger partial charge on any atom is -0.480 e. The molecular formula is C16H20N2O4. The first-order chi connectivity index (χ1) is 10.4. The molecule has 1 unspecified atom stereocenters. The number of carbonyl (C=O) groups excluding carboxylic acids is 2. The first-order valence-corrected chi connectivity index (χ1v) is 7.34. The Hall–Kier alpha value is -2.37. The zero-order chi connectivity index (χ0) is 16.3. The fourth-order valence-electron chi connectivity index (χ4n) is 2.47. The van der Waals surface area contributed by atoms with Crippen molar-refractivity contribution in [3.8, 4) is 0 Å². The van der Waals surface area contributed by atoms with Gasteiger partial charge in [0, 0.05) is 24.2 Å². The molecule has 2 amide bonds. The van der Waals surface area contributed by atoms with Crippen LogP contribution in [-0.4, -0.2) is 35.5 Å². The quantitative estimate of drug-likeness (QED) is 0.866. The SMILES string of the molecule is CC(C)C(NC(=O)c1cccc(N2CCCC2=O)c1)C(=O)O. The molecule has 1 aliphatic heterocycles. The molecule has 22 heavy (non-hydrogen) atoms. The van der Waals surface area contributed by atoms with Crippen LogP contribution >= 0.6 is 0 Å². The number of hydrogen-bond acceptors (Lipinski definition) is 3. The molecular weight excluding hydrogens is 284 g/mol. The average Bonchev–Trinajstić information content (AvgIpc) is 2.90. The summed E-state index contributed by atoms with van der Waals surface area (Å²) in [5.74, 6) is -1.68. The Bertz CT molecular complexity index is 598. The van der Waals surface area contributed by atoms with Crippen LogP contribution in [0.5, 0.6) is 0 Å².